The predicted octanol–water partition coefficient (Wildman–Crippen LogP) is 3.24. The molecule has 2 aromatic carbocycles. The molecule has 0 bridgehead atoms. The fourth-order valence-electron chi connectivity index (χ4n) is 1.96. The third kappa shape index (κ3) is 3.52. The van der Waals surface area contributed by atoms with Crippen molar-refractivity contribution in [3.05, 3.63) is 58.3 Å². The lowest BCUT2D eigenvalue weighted by molar-refractivity contribution is -0.118. The number of benzene rings is 2. The number of rotatable bonds is 5. The third-order valence-electron chi connectivity index (χ3n) is 2.96. The standard InChI is InChI=1S/C15H14BrFN2O2/c1-21-13-5-3-2-4-12(13)19-14(15(18)20)10-7-6-9(16)8-11(10)17/h2-8,14,19H,1H3,(H2,18,20). The maximum absolute atomic E-state index is 14.0. The van der Waals surface area contributed by atoms with Crippen molar-refractivity contribution in [1.82, 2.24) is 0 Å². The fourth-order valence-corrected chi connectivity index (χ4v) is 2.29. The molecule has 0 aliphatic heterocycles. The smallest absolute Gasteiger partial charge is 0.244 e. The number of hydrogen-bond donors (Lipinski definition) is 2. The van der Waals surface area contributed by atoms with Crippen LogP contribution in [-0.2, 0) is 4.79 Å². The Morgan fingerprint density at radius 1 is 1.33 bits per heavy atom. The number of amides is 1. The van der Waals surface area contributed by atoms with Crippen LogP contribution < -0.4 is 15.8 Å². The highest BCUT2D eigenvalue weighted by atomic mass is 79.9. The van der Waals surface area contributed by atoms with Crippen LogP contribution >= 0.6 is 15.9 Å². The number of nitrogens with two attached hydrogens (primary N) is 1. The Hall–Kier alpha value is -2.08. The Balaban J connectivity index is 2.38. The van der Waals surface area contributed by atoms with E-state index in [1.807, 2.05) is 0 Å². The number of carbonyl (C=O) groups excluding carboxylic acids is 1. The number of anilines is 1. The highest BCUT2D eigenvalue weighted by Gasteiger charge is 2.22. The van der Waals surface area contributed by atoms with Crippen LogP contribution in [0.5, 0.6) is 5.75 Å². The van der Waals surface area contributed by atoms with Gasteiger partial charge in [-0.05, 0) is 24.3 Å². The van der Waals surface area contributed by atoms with Gasteiger partial charge < -0.3 is 15.8 Å². The minimum Gasteiger partial charge on any atom is -0.495 e. The molecule has 2 aromatic rings. The average Bonchev–Trinajstić information content (AvgIpc) is 2.45. The summed E-state index contributed by atoms with van der Waals surface area (Å²) in [4.78, 5) is 11.7. The van der Waals surface area contributed by atoms with Crippen LogP contribution in [0.15, 0.2) is 46.9 Å². The summed E-state index contributed by atoms with van der Waals surface area (Å²) in [5.41, 5.74) is 6.13. The van der Waals surface area contributed by atoms with Gasteiger partial charge in [-0.2, -0.15) is 0 Å². The zero-order valence-corrected chi connectivity index (χ0v) is 12.9. The van der Waals surface area contributed by atoms with Crippen LogP contribution in [0.2, 0.25) is 0 Å². The highest BCUT2D eigenvalue weighted by Crippen LogP contribution is 2.29. The average molecular weight is 353 g/mol. The largest absolute Gasteiger partial charge is 0.495 e. The number of ether oxygens (including phenoxy) is 1. The van der Waals surface area contributed by atoms with Gasteiger partial charge in [0.15, 0.2) is 0 Å². The van der Waals surface area contributed by atoms with Crippen LogP contribution in [-0.4, -0.2) is 13.0 Å². The first-order valence-electron chi connectivity index (χ1n) is 6.16. The highest BCUT2D eigenvalue weighted by molar-refractivity contribution is 9.10. The third-order valence-corrected chi connectivity index (χ3v) is 3.46. The molecule has 3 N–H and O–H groups in total. The van der Waals surface area contributed by atoms with Gasteiger partial charge in [0.05, 0.1) is 12.8 Å². The Kier molecular flexibility index (Phi) is 4.80. The van der Waals surface area contributed by atoms with Gasteiger partial charge in [-0.25, -0.2) is 4.39 Å². The van der Waals surface area contributed by atoms with Crippen molar-refractivity contribution in [3.8, 4) is 5.75 Å². The monoisotopic (exact) mass is 352 g/mol. The lowest BCUT2D eigenvalue weighted by atomic mass is 10.1. The molecule has 0 spiro atoms. The Morgan fingerprint density at radius 3 is 2.67 bits per heavy atom. The Labute approximate surface area is 130 Å². The summed E-state index contributed by atoms with van der Waals surface area (Å²) in [5, 5.41) is 2.92. The molecular weight excluding hydrogens is 339 g/mol. The summed E-state index contributed by atoms with van der Waals surface area (Å²) in [5.74, 6) is -0.654. The first kappa shape index (κ1) is 15.3. The number of methoxy groups -OCH3 is 1. The van der Waals surface area contributed by atoms with E-state index in [-0.39, 0.29) is 5.56 Å². The van der Waals surface area contributed by atoms with Crippen molar-refractivity contribution in [2.24, 2.45) is 5.73 Å². The van der Waals surface area contributed by atoms with E-state index in [4.69, 9.17) is 10.5 Å². The summed E-state index contributed by atoms with van der Waals surface area (Å²) in [7, 11) is 1.51. The predicted molar refractivity (Wildman–Crippen MR) is 82.7 cm³/mol. The van der Waals surface area contributed by atoms with E-state index >= 15 is 0 Å². The van der Waals surface area contributed by atoms with Crippen molar-refractivity contribution in [2.75, 3.05) is 12.4 Å². The zero-order chi connectivity index (χ0) is 15.4. The molecule has 0 aliphatic rings. The molecular formula is C15H14BrFN2O2. The molecule has 1 atom stereocenters. The molecule has 0 radical (unpaired) electrons. The van der Waals surface area contributed by atoms with Gasteiger partial charge in [0, 0.05) is 10.0 Å². The van der Waals surface area contributed by atoms with Gasteiger partial charge in [-0.1, -0.05) is 34.1 Å². The Morgan fingerprint density at radius 2 is 2.05 bits per heavy atom. The van der Waals surface area contributed by atoms with Gasteiger partial charge in [0.25, 0.3) is 0 Å². The minimum atomic E-state index is -0.991. The molecule has 1 unspecified atom stereocenters. The van der Waals surface area contributed by atoms with E-state index in [0.29, 0.717) is 15.9 Å². The van der Waals surface area contributed by atoms with E-state index in [1.54, 1.807) is 30.3 Å². The molecule has 0 aromatic heterocycles. The molecule has 1 amide bonds. The molecule has 0 heterocycles. The first-order chi connectivity index (χ1) is 10.0. The minimum absolute atomic E-state index is 0.177. The lowest BCUT2D eigenvalue weighted by Crippen LogP contribution is -2.28. The lowest BCUT2D eigenvalue weighted by Gasteiger charge is -2.19. The fraction of sp³-hybridized carbons (Fsp3) is 0.133. The number of para-hydroxylation sites is 2. The molecule has 2 rings (SSSR count). The van der Waals surface area contributed by atoms with E-state index in [2.05, 4.69) is 21.2 Å². The second-order valence-electron chi connectivity index (χ2n) is 4.35. The molecule has 0 saturated carbocycles. The number of carbonyl (C=O) groups is 1. The number of halogens is 2. The van der Waals surface area contributed by atoms with Gasteiger partial charge in [-0.15, -0.1) is 0 Å². The number of nitrogens with one attached hydrogen (secondary N) is 1. The van der Waals surface area contributed by atoms with Crippen LogP contribution in [0.4, 0.5) is 10.1 Å². The van der Waals surface area contributed by atoms with E-state index < -0.39 is 17.8 Å². The molecule has 0 fully saturated rings. The van der Waals surface area contributed by atoms with Gasteiger partial charge >= 0.3 is 0 Å². The van der Waals surface area contributed by atoms with Crippen molar-refractivity contribution < 1.29 is 13.9 Å². The molecule has 6 heteroatoms. The summed E-state index contributed by atoms with van der Waals surface area (Å²) < 4.78 is 19.8. The van der Waals surface area contributed by atoms with E-state index in [9.17, 15) is 9.18 Å². The first-order valence-corrected chi connectivity index (χ1v) is 6.96. The molecule has 0 saturated heterocycles. The normalized spacial score (nSPS) is 11.8. The van der Waals surface area contributed by atoms with Crippen LogP contribution in [0, 0.1) is 5.82 Å². The number of primary amides is 1. The van der Waals surface area contributed by atoms with Crippen LogP contribution in [0.1, 0.15) is 11.6 Å². The van der Waals surface area contributed by atoms with Crippen LogP contribution in [0.25, 0.3) is 0 Å². The summed E-state index contributed by atoms with van der Waals surface area (Å²) in [6.07, 6.45) is 0. The quantitative estimate of drug-likeness (QED) is 0.868. The SMILES string of the molecule is COc1ccccc1NC(C(N)=O)c1ccc(Br)cc1F. The van der Waals surface area contributed by atoms with Crippen molar-refractivity contribution in [2.45, 2.75) is 6.04 Å². The van der Waals surface area contributed by atoms with Gasteiger partial charge in [-0.3, -0.25) is 4.79 Å². The summed E-state index contributed by atoms with van der Waals surface area (Å²) >= 11 is 3.18. The van der Waals surface area contributed by atoms with Crippen molar-refractivity contribution >= 4 is 27.5 Å². The maximum Gasteiger partial charge on any atom is 0.244 e. The van der Waals surface area contributed by atoms with Gasteiger partial charge in [0.2, 0.25) is 5.91 Å². The summed E-state index contributed by atoms with van der Waals surface area (Å²) in [6.45, 7) is 0. The van der Waals surface area contributed by atoms with Crippen molar-refractivity contribution in [3.63, 3.8) is 0 Å². The van der Waals surface area contributed by atoms with E-state index in [1.165, 1.54) is 19.2 Å². The van der Waals surface area contributed by atoms with E-state index in [0.717, 1.165) is 0 Å². The van der Waals surface area contributed by atoms with Gasteiger partial charge in [0.1, 0.15) is 17.6 Å². The molecule has 4 nitrogen and oxygen atoms in total. The second kappa shape index (κ2) is 6.58. The maximum atomic E-state index is 14.0. The molecule has 21 heavy (non-hydrogen) atoms. The number of hydrogen-bond acceptors (Lipinski definition) is 3. The topological polar surface area (TPSA) is 64.3 Å². The summed E-state index contributed by atoms with van der Waals surface area (Å²) in [6, 6.07) is 10.5. The second-order valence-corrected chi connectivity index (χ2v) is 5.26. The molecule has 0 aliphatic carbocycles. The van der Waals surface area contributed by atoms with Crippen LogP contribution in [0.3, 0.4) is 0 Å². The van der Waals surface area contributed by atoms with Crippen molar-refractivity contribution in [1.29, 1.82) is 0 Å². The zero-order valence-electron chi connectivity index (χ0n) is 11.3. The Bertz CT molecular complexity index is 664. The molecule has 110 valence electrons.